The molecular formula is C8H14N2O2. The predicted octanol–water partition coefficient (Wildman–Crippen LogP) is 2.47. The molecule has 0 aromatic carbocycles. The van der Waals surface area contributed by atoms with E-state index >= 15 is 0 Å². The van der Waals surface area contributed by atoms with Crippen LogP contribution >= 0.6 is 0 Å². The summed E-state index contributed by atoms with van der Waals surface area (Å²) in [6.45, 7) is 0.0637. The fourth-order valence-corrected chi connectivity index (χ4v) is 1.86. The molecule has 0 aliphatic heterocycles. The Labute approximate surface area is 71.7 Å². The first-order valence-electron chi connectivity index (χ1n) is 4.50. The van der Waals surface area contributed by atoms with Gasteiger partial charge in [-0.2, -0.15) is 9.81 Å². The van der Waals surface area contributed by atoms with E-state index in [0.29, 0.717) is 5.92 Å². The smallest absolute Gasteiger partial charge is 0.118 e. The van der Waals surface area contributed by atoms with Gasteiger partial charge in [0.15, 0.2) is 0 Å². The Kier molecular flexibility index (Phi) is 3.84. The molecule has 0 saturated heterocycles. The standard InChI is InChI=1S/C8H14N2O2/c11-9-6-8(10-12)7-4-2-1-3-5-7/h7-8H,1-6H2. The summed E-state index contributed by atoms with van der Waals surface area (Å²) >= 11 is 0. The zero-order chi connectivity index (χ0) is 8.81. The van der Waals surface area contributed by atoms with Crippen LogP contribution in [0.3, 0.4) is 0 Å². The summed E-state index contributed by atoms with van der Waals surface area (Å²) < 4.78 is 0. The van der Waals surface area contributed by atoms with Crippen molar-refractivity contribution in [2.75, 3.05) is 6.54 Å². The molecule has 0 bridgehead atoms. The SMILES string of the molecule is O=NCC(N=O)C1CCCCC1. The Bertz CT molecular complexity index is 155. The number of hydrogen-bond acceptors (Lipinski definition) is 4. The van der Waals surface area contributed by atoms with E-state index in [-0.39, 0.29) is 12.6 Å². The van der Waals surface area contributed by atoms with Crippen molar-refractivity contribution in [2.45, 2.75) is 38.1 Å². The van der Waals surface area contributed by atoms with Gasteiger partial charge < -0.3 is 0 Å². The molecule has 1 unspecified atom stereocenters. The topological polar surface area (TPSA) is 58.9 Å². The van der Waals surface area contributed by atoms with Gasteiger partial charge in [-0.1, -0.05) is 29.6 Å². The molecule has 0 aromatic rings. The second-order valence-electron chi connectivity index (χ2n) is 3.38. The van der Waals surface area contributed by atoms with Crippen molar-refractivity contribution in [2.24, 2.45) is 16.3 Å². The molecule has 4 nitrogen and oxygen atoms in total. The summed E-state index contributed by atoms with van der Waals surface area (Å²) in [4.78, 5) is 20.3. The Morgan fingerprint density at radius 3 is 2.33 bits per heavy atom. The Hall–Kier alpha value is -0.800. The fraction of sp³-hybridized carbons (Fsp3) is 1.00. The van der Waals surface area contributed by atoms with Crippen LogP contribution in [-0.2, 0) is 0 Å². The van der Waals surface area contributed by atoms with E-state index in [2.05, 4.69) is 10.4 Å². The molecule has 0 heterocycles. The third-order valence-electron chi connectivity index (χ3n) is 2.59. The highest BCUT2D eigenvalue weighted by atomic mass is 16.3. The van der Waals surface area contributed by atoms with Gasteiger partial charge >= 0.3 is 0 Å². The average molecular weight is 170 g/mol. The van der Waals surface area contributed by atoms with Gasteiger partial charge in [0.05, 0.1) is 0 Å². The van der Waals surface area contributed by atoms with Gasteiger partial charge in [0.25, 0.3) is 0 Å². The van der Waals surface area contributed by atoms with Crippen molar-refractivity contribution in [3.63, 3.8) is 0 Å². The van der Waals surface area contributed by atoms with Crippen LogP contribution in [0.1, 0.15) is 32.1 Å². The number of nitroso groups, excluding NO2 is 2. The quantitative estimate of drug-likeness (QED) is 0.608. The molecule has 0 spiro atoms. The van der Waals surface area contributed by atoms with E-state index < -0.39 is 0 Å². The minimum Gasteiger partial charge on any atom is -0.151 e. The molecule has 1 rings (SSSR count). The van der Waals surface area contributed by atoms with Crippen LogP contribution in [0.2, 0.25) is 0 Å². The molecule has 0 N–H and O–H groups in total. The highest BCUT2D eigenvalue weighted by Gasteiger charge is 2.24. The monoisotopic (exact) mass is 170 g/mol. The van der Waals surface area contributed by atoms with Gasteiger partial charge in [0, 0.05) is 0 Å². The minimum absolute atomic E-state index is 0.0637. The summed E-state index contributed by atoms with van der Waals surface area (Å²) in [5, 5.41) is 5.70. The van der Waals surface area contributed by atoms with E-state index in [1.165, 1.54) is 6.42 Å². The Morgan fingerprint density at radius 1 is 1.17 bits per heavy atom. The first-order valence-corrected chi connectivity index (χ1v) is 4.50. The van der Waals surface area contributed by atoms with E-state index in [1.807, 2.05) is 0 Å². The zero-order valence-electron chi connectivity index (χ0n) is 7.11. The van der Waals surface area contributed by atoms with Crippen LogP contribution < -0.4 is 0 Å². The second kappa shape index (κ2) is 4.95. The first kappa shape index (κ1) is 9.29. The van der Waals surface area contributed by atoms with Gasteiger partial charge in [-0.25, -0.2) is 0 Å². The summed E-state index contributed by atoms with van der Waals surface area (Å²) in [5.41, 5.74) is 0. The fourth-order valence-electron chi connectivity index (χ4n) is 1.86. The number of hydrogen-bond donors (Lipinski definition) is 0. The van der Waals surface area contributed by atoms with Crippen molar-refractivity contribution in [3.05, 3.63) is 9.81 Å². The molecule has 1 aliphatic carbocycles. The maximum atomic E-state index is 10.3. The largest absolute Gasteiger partial charge is 0.151 e. The normalized spacial score (nSPS) is 21.7. The molecule has 1 fully saturated rings. The molecule has 0 aromatic heterocycles. The summed E-state index contributed by atoms with van der Waals surface area (Å²) in [5.74, 6) is 0.314. The molecular weight excluding hydrogens is 156 g/mol. The van der Waals surface area contributed by atoms with Crippen molar-refractivity contribution in [1.29, 1.82) is 0 Å². The van der Waals surface area contributed by atoms with Crippen LogP contribution in [0, 0.1) is 15.7 Å². The summed E-state index contributed by atoms with van der Waals surface area (Å²) in [6, 6.07) is -0.359. The summed E-state index contributed by atoms with van der Waals surface area (Å²) in [6.07, 6.45) is 5.64. The van der Waals surface area contributed by atoms with Gasteiger partial charge in [0.2, 0.25) is 0 Å². The number of rotatable bonds is 4. The van der Waals surface area contributed by atoms with Crippen molar-refractivity contribution >= 4 is 0 Å². The van der Waals surface area contributed by atoms with Gasteiger partial charge in [0.1, 0.15) is 12.6 Å². The van der Waals surface area contributed by atoms with Crippen LogP contribution in [0.5, 0.6) is 0 Å². The molecule has 4 heteroatoms. The van der Waals surface area contributed by atoms with Crippen molar-refractivity contribution < 1.29 is 0 Å². The lowest BCUT2D eigenvalue weighted by Gasteiger charge is -2.23. The Balaban J connectivity index is 2.39. The maximum Gasteiger partial charge on any atom is 0.118 e. The average Bonchev–Trinajstić information content (AvgIpc) is 2.15. The van der Waals surface area contributed by atoms with Crippen LogP contribution in [0.4, 0.5) is 0 Å². The Morgan fingerprint density at radius 2 is 1.83 bits per heavy atom. The van der Waals surface area contributed by atoms with Crippen molar-refractivity contribution in [1.82, 2.24) is 0 Å². The second-order valence-corrected chi connectivity index (χ2v) is 3.38. The molecule has 68 valence electrons. The molecule has 1 aliphatic rings. The predicted molar refractivity (Wildman–Crippen MR) is 46.8 cm³/mol. The van der Waals surface area contributed by atoms with Gasteiger partial charge in [-0.3, -0.25) is 0 Å². The van der Waals surface area contributed by atoms with Crippen LogP contribution in [0.15, 0.2) is 10.4 Å². The van der Waals surface area contributed by atoms with Gasteiger partial charge in [-0.05, 0) is 18.8 Å². The zero-order valence-corrected chi connectivity index (χ0v) is 7.11. The molecule has 0 radical (unpaired) electrons. The van der Waals surface area contributed by atoms with Crippen molar-refractivity contribution in [3.8, 4) is 0 Å². The van der Waals surface area contributed by atoms with E-state index in [9.17, 15) is 9.81 Å². The van der Waals surface area contributed by atoms with Gasteiger partial charge in [-0.15, -0.1) is 0 Å². The van der Waals surface area contributed by atoms with E-state index in [1.54, 1.807) is 0 Å². The maximum absolute atomic E-state index is 10.3. The lowest BCUT2D eigenvalue weighted by molar-refractivity contribution is 0.308. The minimum atomic E-state index is -0.359. The lowest BCUT2D eigenvalue weighted by Crippen LogP contribution is -2.23. The van der Waals surface area contributed by atoms with E-state index in [0.717, 1.165) is 25.7 Å². The first-order chi connectivity index (χ1) is 5.88. The lowest BCUT2D eigenvalue weighted by atomic mass is 9.84. The number of nitrogens with zero attached hydrogens (tertiary/aromatic N) is 2. The molecule has 0 amide bonds. The molecule has 1 atom stereocenters. The van der Waals surface area contributed by atoms with E-state index in [4.69, 9.17) is 0 Å². The third-order valence-corrected chi connectivity index (χ3v) is 2.59. The summed E-state index contributed by atoms with van der Waals surface area (Å²) in [7, 11) is 0. The molecule has 1 saturated carbocycles. The highest BCUT2D eigenvalue weighted by molar-refractivity contribution is 4.80. The molecule has 12 heavy (non-hydrogen) atoms. The third kappa shape index (κ3) is 2.36. The van der Waals surface area contributed by atoms with Crippen LogP contribution in [-0.4, -0.2) is 12.6 Å². The van der Waals surface area contributed by atoms with Crippen LogP contribution in [0.25, 0.3) is 0 Å². The highest BCUT2D eigenvalue weighted by Crippen LogP contribution is 2.27.